The van der Waals surface area contributed by atoms with Crippen LogP contribution >= 0.6 is 12.2 Å². The topological polar surface area (TPSA) is 70.2 Å². The van der Waals surface area contributed by atoms with Crippen molar-refractivity contribution in [1.82, 2.24) is 5.32 Å². The molecule has 0 radical (unpaired) electrons. The molecule has 0 aliphatic rings. The summed E-state index contributed by atoms with van der Waals surface area (Å²) in [5, 5.41) is 8.70. The van der Waals surface area contributed by atoms with Crippen LogP contribution in [0, 0.1) is 0 Å². The molecular formula is C20H23N3O2S. The Balaban J connectivity index is 1.81. The summed E-state index contributed by atoms with van der Waals surface area (Å²) in [6, 6.07) is 17.0. The van der Waals surface area contributed by atoms with E-state index in [1.54, 1.807) is 12.1 Å². The third kappa shape index (κ3) is 7.03. The van der Waals surface area contributed by atoms with Gasteiger partial charge in [-0.25, -0.2) is 0 Å². The van der Waals surface area contributed by atoms with Crippen molar-refractivity contribution < 1.29 is 9.59 Å². The Labute approximate surface area is 159 Å². The molecule has 0 saturated heterocycles. The average molecular weight is 369 g/mol. The normalized spacial score (nSPS) is 10.0. The van der Waals surface area contributed by atoms with Gasteiger partial charge in [-0.1, -0.05) is 43.3 Å². The molecule has 2 aromatic carbocycles. The van der Waals surface area contributed by atoms with Crippen molar-refractivity contribution in [3.63, 3.8) is 0 Å². The Hall–Kier alpha value is -2.73. The van der Waals surface area contributed by atoms with E-state index < -0.39 is 0 Å². The maximum Gasteiger partial charge on any atom is 0.226 e. The first-order valence-corrected chi connectivity index (χ1v) is 9.02. The second kappa shape index (κ2) is 10.3. The Morgan fingerprint density at radius 1 is 0.885 bits per heavy atom. The van der Waals surface area contributed by atoms with Gasteiger partial charge in [-0.15, -0.1) is 0 Å². The molecule has 26 heavy (non-hydrogen) atoms. The number of amides is 2. The van der Waals surface area contributed by atoms with Gasteiger partial charge in [-0.05, 0) is 48.8 Å². The summed E-state index contributed by atoms with van der Waals surface area (Å²) in [4.78, 5) is 23.7. The minimum absolute atomic E-state index is 0.0264. The second-order valence-electron chi connectivity index (χ2n) is 5.87. The SMILES string of the molecule is CCCC(=O)Nc1cccc(NC(=S)NC(=O)CCc2ccccc2)c1. The minimum Gasteiger partial charge on any atom is -0.332 e. The average Bonchev–Trinajstić information content (AvgIpc) is 2.61. The number of benzene rings is 2. The van der Waals surface area contributed by atoms with E-state index in [1.807, 2.05) is 49.4 Å². The molecule has 0 aliphatic carbocycles. The lowest BCUT2D eigenvalue weighted by Gasteiger charge is -2.11. The lowest BCUT2D eigenvalue weighted by atomic mass is 10.1. The van der Waals surface area contributed by atoms with Crippen molar-refractivity contribution in [2.45, 2.75) is 32.6 Å². The molecule has 5 nitrogen and oxygen atoms in total. The second-order valence-corrected chi connectivity index (χ2v) is 6.28. The van der Waals surface area contributed by atoms with Crippen molar-refractivity contribution in [1.29, 1.82) is 0 Å². The molecule has 3 N–H and O–H groups in total. The predicted octanol–water partition coefficient (Wildman–Crippen LogP) is 3.87. The first kappa shape index (κ1) is 19.6. The molecule has 0 saturated carbocycles. The summed E-state index contributed by atoms with van der Waals surface area (Å²) in [5.41, 5.74) is 2.50. The molecule has 0 fully saturated rings. The first-order chi connectivity index (χ1) is 12.6. The van der Waals surface area contributed by atoms with Gasteiger partial charge in [0.2, 0.25) is 11.8 Å². The molecule has 2 aromatic rings. The van der Waals surface area contributed by atoms with Gasteiger partial charge in [0.15, 0.2) is 5.11 Å². The van der Waals surface area contributed by atoms with Gasteiger partial charge in [-0.3, -0.25) is 9.59 Å². The number of anilines is 2. The summed E-state index contributed by atoms with van der Waals surface area (Å²) >= 11 is 5.19. The molecule has 0 heterocycles. The summed E-state index contributed by atoms with van der Waals surface area (Å²) < 4.78 is 0. The minimum atomic E-state index is -0.140. The zero-order chi connectivity index (χ0) is 18.8. The van der Waals surface area contributed by atoms with Crippen LogP contribution in [0.15, 0.2) is 54.6 Å². The number of aryl methyl sites for hydroxylation is 1. The van der Waals surface area contributed by atoms with Crippen molar-refractivity contribution in [2.75, 3.05) is 10.6 Å². The van der Waals surface area contributed by atoms with Gasteiger partial charge in [0.1, 0.15) is 0 Å². The van der Waals surface area contributed by atoms with Crippen LogP contribution in [0.2, 0.25) is 0 Å². The lowest BCUT2D eigenvalue weighted by molar-refractivity contribution is -0.119. The van der Waals surface area contributed by atoms with E-state index in [0.29, 0.717) is 30.6 Å². The smallest absolute Gasteiger partial charge is 0.226 e. The summed E-state index contributed by atoms with van der Waals surface area (Å²) in [6.07, 6.45) is 2.30. The molecule has 0 aliphatic heterocycles. The number of nitrogens with one attached hydrogen (secondary N) is 3. The summed E-state index contributed by atoms with van der Waals surface area (Å²) in [7, 11) is 0. The molecule has 0 unspecified atom stereocenters. The van der Waals surface area contributed by atoms with E-state index in [1.165, 1.54) is 0 Å². The Kier molecular flexibility index (Phi) is 7.76. The van der Waals surface area contributed by atoms with Crippen molar-refractivity contribution in [3.05, 3.63) is 60.2 Å². The Morgan fingerprint density at radius 2 is 1.58 bits per heavy atom. The van der Waals surface area contributed by atoms with Crippen LogP contribution in [0.1, 0.15) is 31.7 Å². The van der Waals surface area contributed by atoms with E-state index in [4.69, 9.17) is 12.2 Å². The molecule has 0 bridgehead atoms. The van der Waals surface area contributed by atoms with E-state index in [9.17, 15) is 9.59 Å². The lowest BCUT2D eigenvalue weighted by Crippen LogP contribution is -2.34. The number of carbonyl (C=O) groups is 2. The molecule has 0 spiro atoms. The Bertz CT molecular complexity index is 763. The van der Waals surface area contributed by atoms with Crippen molar-refractivity contribution >= 4 is 40.5 Å². The molecular weight excluding hydrogens is 346 g/mol. The van der Waals surface area contributed by atoms with Crippen LogP contribution in [0.3, 0.4) is 0 Å². The van der Waals surface area contributed by atoms with Crippen molar-refractivity contribution in [3.8, 4) is 0 Å². The maximum atomic E-state index is 12.0. The molecule has 0 atom stereocenters. The fraction of sp³-hybridized carbons (Fsp3) is 0.250. The third-order valence-corrected chi connectivity index (χ3v) is 3.82. The monoisotopic (exact) mass is 369 g/mol. The van der Waals surface area contributed by atoms with Crippen LogP contribution in [0.5, 0.6) is 0 Å². The fourth-order valence-corrected chi connectivity index (χ4v) is 2.61. The summed E-state index contributed by atoms with van der Waals surface area (Å²) in [5.74, 6) is -0.166. The number of thiocarbonyl (C=S) groups is 1. The first-order valence-electron chi connectivity index (χ1n) is 8.61. The van der Waals surface area contributed by atoms with Crippen LogP contribution in [-0.4, -0.2) is 16.9 Å². The number of rotatable bonds is 7. The molecule has 0 aromatic heterocycles. The van der Waals surface area contributed by atoms with E-state index >= 15 is 0 Å². The van der Waals surface area contributed by atoms with E-state index in [-0.39, 0.29) is 16.9 Å². The van der Waals surface area contributed by atoms with Gasteiger partial charge >= 0.3 is 0 Å². The van der Waals surface area contributed by atoms with Crippen LogP contribution in [-0.2, 0) is 16.0 Å². The molecule has 6 heteroatoms. The fourth-order valence-electron chi connectivity index (χ4n) is 2.38. The van der Waals surface area contributed by atoms with E-state index in [0.717, 1.165) is 12.0 Å². The van der Waals surface area contributed by atoms with Crippen LogP contribution in [0.4, 0.5) is 11.4 Å². The third-order valence-electron chi connectivity index (χ3n) is 3.62. The van der Waals surface area contributed by atoms with Crippen LogP contribution in [0.25, 0.3) is 0 Å². The van der Waals surface area contributed by atoms with E-state index in [2.05, 4.69) is 16.0 Å². The highest BCUT2D eigenvalue weighted by molar-refractivity contribution is 7.80. The number of hydrogen-bond donors (Lipinski definition) is 3. The highest BCUT2D eigenvalue weighted by Crippen LogP contribution is 2.15. The standard InChI is InChI=1S/C20H23N3O2S/c1-2-7-18(24)21-16-10-6-11-17(14-16)22-20(26)23-19(25)13-12-15-8-4-3-5-9-15/h3-6,8-11,14H,2,7,12-13H2,1H3,(H,21,24)(H2,22,23,25,26). The largest absolute Gasteiger partial charge is 0.332 e. The Morgan fingerprint density at radius 3 is 2.27 bits per heavy atom. The zero-order valence-corrected chi connectivity index (χ0v) is 15.6. The quantitative estimate of drug-likeness (QED) is 0.648. The highest BCUT2D eigenvalue weighted by atomic mass is 32.1. The van der Waals surface area contributed by atoms with Gasteiger partial charge in [-0.2, -0.15) is 0 Å². The molecule has 2 rings (SSSR count). The van der Waals surface area contributed by atoms with Gasteiger partial charge < -0.3 is 16.0 Å². The zero-order valence-electron chi connectivity index (χ0n) is 14.7. The highest BCUT2D eigenvalue weighted by Gasteiger charge is 2.07. The van der Waals surface area contributed by atoms with Crippen molar-refractivity contribution in [2.24, 2.45) is 0 Å². The molecule has 136 valence electrons. The molecule has 2 amide bonds. The number of carbonyl (C=O) groups excluding carboxylic acids is 2. The van der Waals surface area contributed by atoms with Gasteiger partial charge in [0.05, 0.1) is 0 Å². The van der Waals surface area contributed by atoms with Gasteiger partial charge in [0.25, 0.3) is 0 Å². The predicted molar refractivity (Wildman–Crippen MR) is 109 cm³/mol. The summed E-state index contributed by atoms with van der Waals surface area (Å²) in [6.45, 7) is 1.95. The van der Waals surface area contributed by atoms with Gasteiger partial charge in [0, 0.05) is 24.2 Å². The number of hydrogen-bond acceptors (Lipinski definition) is 3. The van der Waals surface area contributed by atoms with Crippen LogP contribution < -0.4 is 16.0 Å². The maximum absolute atomic E-state index is 12.0.